The molecule has 19 heavy (non-hydrogen) atoms. The summed E-state index contributed by atoms with van der Waals surface area (Å²) in [4.78, 5) is 14.2. The molecule has 0 aliphatic carbocycles. The Morgan fingerprint density at radius 2 is 2.16 bits per heavy atom. The Bertz CT molecular complexity index is 459. The van der Waals surface area contributed by atoms with Crippen molar-refractivity contribution in [3.8, 4) is 5.75 Å². The van der Waals surface area contributed by atoms with Crippen LogP contribution in [-0.2, 0) is 4.79 Å². The number of nitrogens with two attached hydrogens (primary N) is 1. The van der Waals surface area contributed by atoms with Gasteiger partial charge in [0, 0.05) is 6.54 Å². The number of unbranched alkanes of at least 4 members (excludes halogenated alkanes) is 1. The molecule has 1 aromatic rings. The van der Waals surface area contributed by atoms with Crippen molar-refractivity contribution in [3.63, 3.8) is 0 Å². The van der Waals surface area contributed by atoms with E-state index in [2.05, 4.69) is 0 Å². The molecule has 104 valence electrons. The van der Waals surface area contributed by atoms with Gasteiger partial charge in [0.25, 0.3) is 5.91 Å². The fourth-order valence-corrected chi connectivity index (χ4v) is 2.34. The van der Waals surface area contributed by atoms with E-state index in [1.54, 1.807) is 0 Å². The molecule has 4 nitrogen and oxygen atoms in total. The monoisotopic (exact) mass is 262 g/mol. The number of carbonyl (C=O) groups is 1. The lowest BCUT2D eigenvalue weighted by Gasteiger charge is -2.34. The predicted molar refractivity (Wildman–Crippen MR) is 76.5 cm³/mol. The third-order valence-corrected chi connectivity index (χ3v) is 3.42. The summed E-state index contributed by atoms with van der Waals surface area (Å²) in [5.41, 5.74) is 7.55. The normalized spacial score (nSPS) is 18.2. The Morgan fingerprint density at radius 1 is 1.37 bits per heavy atom. The minimum atomic E-state index is -0.354. The Balaban J connectivity index is 2.26. The van der Waals surface area contributed by atoms with Crippen molar-refractivity contribution in [1.82, 2.24) is 0 Å². The van der Waals surface area contributed by atoms with Crippen molar-refractivity contribution in [2.75, 3.05) is 18.0 Å². The summed E-state index contributed by atoms with van der Waals surface area (Å²) in [5.74, 6) is 0.884. The van der Waals surface area contributed by atoms with Crippen LogP contribution in [0.1, 0.15) is 31.7 Å². The lowest BCUT2D eigenvalue weighted by atomic mass is 10.1. The van der Waals surface area contributed by atoms with Gasteiger partial charge in [-0.1, -0.05) is 13.0 Å². The second kappa shape index (κ2) is 6.06. The molecule has 1 aromatic carbocycles. The fourth-order valence-electron chi connectivity index (χ4n) is 2.34. The van der Waals surface area contributed by atoms with E-state index in [0.29, 0.717) is 19.5 Å². The number of aryl methyl sites for hydroxylation is 1. The molecule has 0 spiro atoms. The maximum atomic E-state index is 12.4. The summed E-state index contributed by atoms with van der Waals surface area (Å²) in [5, 5.41) is 0. The van der Waals surface area contributed by atoms with E-state index in [1.165, 1.54) is 0 Å². The molecule has 2 N–H and O–H groups in total. The summed E-state index contributed by atoms with van der Waals surface area (Å²) in [7, 11) is 0. The maximum absolute atomic E-state index is 12.4. The highest BCUT2D eigenvalue weighted by Crippen LogP contribution is 2.35. The molecule has 0 radical (unpaired) electrons. The van der Waals surface area contributed by atoms with Gasteiger partial charge in [-0.3, -0.25) is 4.79 Å². The minimum Gasteiger partial charge on any atom is -0.478 e. The van der Waals surface area contributed by atoms with Crippen LogP contribution in [0.3, 0.4) is 0 Å². The van der Waals surface area contributed by atoms with Crippen molar-refractivity contribution in [1.29, 1.82) is 0 Å². The first kappa shape index (κ1) is 13.9. The lowest BCUT2D eigenvalue weighted by molar-refractivity contribution is -0.126. The molecule has 1 aliphatic rings. The summed E-state index contributed by atoms with van der Waals surface area (Å²) in [6.07, 6.45) is 2.20. The van der Waals surface area contributed by atoms with Crippen molar-refractivity contribution in [2.45, 2.75) is 39.2 Å². The Kier molecular flexibility index (Phi) is 4.43. The third kappa shape index (κ3) is 2.89. The molecule has 1 unspecified atom stereocenters. The van der Waals surface area contributed by atoms with E-state index in [1.807, 2.05) is 36.9 Å². The third-order valence-electron chi connectivity index (χ3n) is 3.42. The zero-order valence-corrected chi connectivity index (χ0v) is 11.7. The van der Waals surface area contributed by atoms with Crippen molar-refractivity contribution in [3.05, 3.63) is 23.8 Å². The van der Waals surface area contributed by atoms with Gasteiger partial charge >= 0.3 is 0 Å². The van der Waals surface area contributed by atoms with Gasteiger partial charge in [-0.15, -0.1) is 0 Å². The summed E-state index contributed by atoms with van der Waals surface area (Å²) >= 11 is 0. The summed E-state index contributed by atoms with van der Waals surface area (Å²) < 4.78 is 5.79. The topological polar surface area (TPSA) is 55.6 Å². The van der Waals surface area contributed by atoms with Crippen LogP contribution in [0.4, 0.5) is 5.69 Å². The van der Waals surface area contributed by atoms with E-state index < -0.39 is 0 Å². The number of benzene rings is 1. The highest BCUT2D eigenvalue weighted by atomic mass is 16.5. The number of nitrogens with zero attached hydrogens (tertiary/aromatic N) is 1. The molecular formula is C15H22N2O2. The Labute approximate surface area is 114 Å². The molecule has 1 atom stereocenters. The van der Waals surface area contributed by atoms with Crippen LogP contribution in [0.2, 0.25) is 0 Å². The van der Waals surface area contributed by atoms with Gasteiger partial charge in [0.15, 0.2) is 6.10 Å². The summed E-state index contributed by atoms with van der Waals surface area (Å²) in [6, 6.07) is 5.98. The smallest absolute Gasteiger partial charge is 0.268 e. The highest BCUT2D eigenvalue weighted by molar-refractivity contribution is 6.00. The van der Waals surface area contributed by atoms with Crippen LogP contribution in [-0.4, -0.2) is 25.1 Å². The standard InChI is InChI=1S/C15H22N2O2/c1-3-13-15(18)17(9-5-4-8-16)12-7-6-11(2)10-14(12)19-13/h6-7,10,13H,3-5,8-9,16H2,1-2H3. The zero-order valence-electron chi connectivity index (χ0n) is 11.7. The number of amides is 1. The first-order valence-electron chi connectivity index (χ1n) is 6.96. The summed E-state index contributed by atoms with van der Waals surface area (Å²) in [6.45, 7) is 5.38. The van der Waals surface area contributed by atoms with Crippen molar-refractivity contribution in [2.24, 2.45) is 5.73 Å². The molecule has 1 heterocycles. The van der Waals surface area contributed by atoms with Gasteiger partial charge in [-0.05, 0) is 50.4 Å². The SMILES string of the molecule is CCC1Oc2cc(C)ccc2N(CCCCN)C1=O. The average molecular weight is 262 g/mol. The second-order valence-electron chi connectivity index (χ2n) is 4.97. The number of ether oxygens (including phenoxy) is 1. The maximum Gasteiger partial charge on any atom is 0.268 e. The largest absolute Gasteiger partial charge is 0.478 e. The first-order chi connectivity index (χ1) is 9.17. The average Bonchev–Trinajstić information content (AvgIpc) is 2.41. The quantitative estimate of drug-likeness (QED) is 0.828. The first-order valence-corrected chi connectivity index (χ1v) is 6.96. The van der Waals surface area contributed by atoms with Crippen LogP contribution in [0.15, 0.2) is 18.2 Å². The van der Waals surface area contributed by atoms with Crippen LogP contribution in [0, 0.1) is 6.92 Å². The van der Waals surface area contributed by atoms with Crippen LogP contribution in [0.25, 0.3) is 0 Å². The number of hydrogen-bond donors (Lipinski definition) is 1. The molecule has 0 fully saturated rings. The van der Waals surface area contributed by atoms with E-state index >= 15 is 0 Å². The van der Waals surface area contributed by atoms with E-state index in [4.69, 9.17) is 10.5 Å². The van der Waals surface area contributed by atoms with Gasteiger partial charge in [-0.25, -0.2) is 0 Å². The van der Waals surface area contributed by atoms with Gasteiger partial charge in [0.1, 0.15) is 5.75 Å². The van der Waals surface area contributed by atoms with Gasteiger partial charge < -0.3 is 15.4 Å². The van der Waals surface area contributed by atoms with Gasteiger partial charge in [0.2, 0.25) is 0 Å². The number of anilines is 1. The number of fused-ring (bicyclic) bond motifs is 1. The lowest BCUT2D eigenvalue weighted by Crippen LogP contribution is -2.46. The van der Waals surface area contributed by atoms with E-state index in [-0.39, 0.29) is 12.0 Å². The molecule has 4 heteroatoms. The zero-order chi connectivity index (χ0) is 13.8. The number of rotatable bonds is 5. The van der Waals surface area contributed by atoms with E-state index in [0.717, 1.165) is 29.8 Å². The fraction of sp³-hybridized carbons (Fsp3) is 0.533. The number of hydrogen-bond acceptors (Lipinski definition) is 3. The molecule has 0 saturated carbocycles. The Morgan fingerprint density at radius 3 is 2.84 bits per heavy atom. The Hall–Kier alpha value is -1.55. The second-order valence-corrected chi connectivity index (χ2v) is 4.97. The molecule has 1 amide bonds. The van der Waals surface area contributed by atoms with Crippen molar-refractivity contribution < 1.29 is 9.53 Å². The highest BCUT2D eigenvalue weighted by Gasteiger charge is 2.32. The molecule has 0 aromatic heterocycles. The van der Waals surface area contributed by atoms with Crippen LogP contribution in [0.5, 0.6) is 5.75 Å². The predicted octanol–water partition coefficient (Wildman–Crippen LogP) is 2.24. The molecule has 2 rings (SSSR count). The molecule has 1 aliphatic heterocycles. The minimum absolute atomic E-state index is 0.0656. The van der Waals surface area contributed by atoms with Crippen molar-refractivity contribution >= 4 is 11.6 Å². The molecule has 0 bridgehead atoms. The van der Waals surface area contributed by atoms with E-state index in [9.17, 15) is 4.79 Å². The number of carbonyl (C=O) groups excluding carboxylic acids is 1. The molecular weight excluding hydrogens is 240 g/mol. The van der Waals surface area contributed by atoms with Gasteiger partial charge in [0.05, 0.1) is 5.69 Å². The molecule has 0 saturated heterocycles. The van der Waals surface area contributed by atoms with Crippen LogP contribution >= 0.6 is 0 Å². The van der Waals surface area contributed by atoms with Crippen LogP contribution < -0.4 is 15.4 Å². The van der Waals surface area contributed by atoms with Gasteiger partial charge in [-0.2, -0.15) is 0 Å².